The number of alkyl halides is 2. The van der Waals surface area contributed by atoms with E-state index < -0.39 is 12.3 Å². The largest absolute Gasteiger partial charge is 0.292 e. The summed E-state index contributed by atoms with van der Waals surface area (Å²) in [7, 11) is 0. The second-order valence-corrected chi connectivity index (χ2v) is 5.91. The lowest BCUT2D eigenvalue weighted by Gasteiger charge is -2.05. The Morgan fingerprint density at radius 1 is 1.23 bits per heavy atom. The van der Waals surface area contributed by atoms with Crippen LogP contribution in [0.5, 0.6) is 0 Å². The molecule has 0 bridgehead atoms. The molecule has 26 heavy (non-hydrogen) atoms. The second kappa shape index (κ2) is 7.42. The zero-order valence-electron chi connectivity index (χ0n) is 14.4. The van der Waals surface area contributed by atoms with Gasteiger partial charge in [-0.2, -0.15) is 5.10 Å². The zero-order valence-corrected chi connectivity index (χ0v) is 14.4. The molecule has 0 radical (unpaired) electrons. The Morgan fingerprint density at radius 3 is 2.69 bits per heavy atom. The second-order valence-electron chi connectivity index (χ2n) is 5.91. The summed E-state index contributed by atoms with van der Waals surface area (Å²) < 4.78 is 28.2. The molecule has 0 fully saturated rings. The number of carbonyl (C=O) groups excluding carboxylic acids is 1. The smallest absolute Gasteiger partial charge is 0.282 e. The number of halogens is 2. The van der Waals surface area contributed by atoms with E-state index in [-0.39, 0.29) is 18.2 Å². The van der Waals surface area contributed by atoms with Crippen LogP contribution in [-0.4, -0.2) is 30.5 Å². The highest BCUT2D eigenvalue weighted by Gasteiger charge is 2.15. The number of carbonyl (C=O) groups is 1. The van der Waals surface area contributed by atoms with Crippen molar-refractivity contribution in [1.82, 2.24) is 24.5 Å². The molecule has 1 N–H and O–H groups in total. The number of nitrogens with one attached hydrogen (secondary N) is 1. The van der Waals surface area contributed by atoms with Gasteiger partial charge in [0.25, 0.3) is 6.43 Å². The molecule has 0 spiro atoms. The van der Waals surface area contributed by atoms with E-state index in [0.29, 0.717) is 12.2 Å². The van der Waals surface area contributed by atoms with Gasteiger partial charge in [0.15, 0.2) is 0 Å². The van der Waals surface area contributed by atoms with Crippen molar-refractivity contribution in [2.75, 3.05) is 5.32 Å². The van der Waals surface area contributed by atoms with Crippen molar-refractivity contribution in [2.24, 2.45) is 0 Å². The standard InChI is InChI=1S/C17H18F2N6O/c1-11-5-3-4-6-13(11)8-24-10-20-17(23-24)21-15(26)9-25-12(2)7-14(22-25)16(18)19/h3-7,10,16H,8-9H2,1-2H3,(H,21,23,26). The van der Waals surface area contributed by atoms with Crippen LogP contribution in [0.25, 0.3) is 0 Å². The zero-order chi connectivity index (χ0) is 18.7. The van der Waals surface area contributed by atoms with E-state index in [1.165, 1.54) is 17.1 Å². The molecule has 2 aromatic heterocycles. The molecule has 1 amide bonds. The molecule has 0 saturated heterocycles. The maximum absolute atomic E-state index is 12.7. The van der Waals surface area contributed by atoms with Crippen LogP contribution in [0.2, 0.25) is 0 Å². The number of amides is 1. The van der Waals surface area contributed by atoms with Crippen LogP contribution in [0.1, 0.15) is 28.9 Å². The molecular weight excluding hydrogens is 342 g/mol. The fraction of sp³-hybridized carbons (Fsp3) is 0.294. The topological polar surface area (TPSA) is 77.6 Å². The summed E-state index contributed by atoms with van der Waals surface area (Å²) in [5, 5.41) is 10.5. The first kappa shape index (κ1) is 17.7. The molecule has 3 rings (SSSR count). The highest BCUT2D eigenvalue weighted by molar-refractivity contribution is 5.88. The molecule has 0 atom stereocenters. The number of benzene rings is 1. The maximum Gasteiger partial charge on any atom is 0.282 e. The molecule has 2 heterocycles. The van der Waals surface area contributed by atoms with Crippen LogP contribution in [0.4, 0.5) is 14.7 Å². The van der Waals surface area contributed by atoms with Crippen LogP contribution in [0.3, 0.4) is 0 Å². The van der Waals surface area contributed by atoms with E-state index >= 15 is 0 Å². The minimum Gasteiger partial charge on any atom is -0.292 e. The van der Waals surface area contributed by atoms with E-state index in [1.54, 1.807) is 11.6 Å². The Hall–Kier alpha value is -3.10. The van der Waals surface area contributed by atoms with Crippen molar-refractivity contribution >= 4 is 11.9 Å². The highest BCUT2D eigenvalue weighted by atomic mass is 19.3. The number of anilines is 1. The number of hydrogen-bond acceptors (Lipinski definition) is 4. The lowest BCUT2D eigenvalue weighted by Crippen LogP contribution is -2.21. The first-order valence-corrected chi connectivity index (χ1v) is 7.98. The average Bonchev–Trinajstić information content (AvgIpc) is 3.17. The first-order chi connectivity index (χ1) is 12.4. The summed E-state index contributed by atoms with van der Waals surface area (Å²) in [5.74, 6) is -0.284. The Morgan fingerprint density at radius 2 is 2.00 bits per heavy atom. The maximum atomic E-state index is 12.7. The highest BCUT2D eigenvalue weighted by Crippen LogP contribution is 2.17. The Bertz CT molecular complexity index is 918. The predicted molar refractivity (Wildman–Crippen MR) is 90.9 cm³/mol. The van der Waals surface area contributed by atoms with Crippen LogP contribution in [-0.2, 0) is 17.9 Å². The Kier molecular flexibility index (Phi) is 5.06. The minimum atomic E-state index is -2.67. The summed E-state index contributed by atoms with van der Waals surface area (Å²) in [4.78, 5) is 16.1. The molecule has 9 heteroatoms. The monoisotopic (exact) mass is 360 g/mol. The van der Waals surface area contributed by atoms with Gasteiger partial charge in [-0.3, -0.25) is 14.8 Å². The van der Waals surface area contributed by atoms with Crippen LogP contribution in [0.15, 0.2) is 36.7 Å². The lowest BCUT2D eigenvalue weighted by atomic mass is 10.1. The van der Waals surface area contributed by atoms with Gasteiger partial charge in [-0.25, -0.2) is 18.4 Å². The van der Waals surface area contributed by atoms with Gasteiger partial charge >= 0.3 is 0 Å². The van der Waals surface area contributed by atoms with Gasteiger partial charge in [-0.1, -0.05) is 24.3 Å². The van der Waals surface area contributed by atoms with E-state index in [0.717, 1.165) is 11.1 Å². The molecule has 0 saturated carbocycles. The van der Waals surface area contributed by atoms with Crippen molar-refractivity contribution in [3.05, 3.63) is 59.2 Å². The summed E-state index contributed by atoms with van der Waals surface area (Å²) >= 11 is 0. The number of nitrogens with zero attached hydrogens (tertiary/aromatic N) is 5. The predicted octanol–water partition coefficient (Wildman–Crippen LogP) is 2.72. The van der Waals surface area contributed by atoms with Gasteiger partial charge < -0.3 is 0 Å². The quantitative estimate of drug-likeness (QED) is 0.733. The van der Waals surface area contributed by atoms with Gasteiger partial charge in [0.05, 0.1) is 6.54 Å². The number of aromatic nitrogens is 5. The van der Waals surface area contributed by atoms with Gasteiger partial charge in [-0.05, 0) is 31.0 Å². The molecule has 3 aromatic rings. The Labute approximate surface area is 148 Å². The van der Waals surface area contributed by atoms with E-state index in [4.69, 9.17) is 0 Å². The van der Waals surface area contributed by atoms with E-state index in [2.05, 4.69) is 20.5 Å². The first-order valence-electron chi connectivity index (χ1n) is 7.98. The fourth-order valence-electron chi connectivity index (χ4n) is 2.49. The van der Waals surface area contributed by atoms with Crippen molar-refractivity contribution in [3.8, 4) is 0 Å². The molecular formula is C17H18F2N6O. The summed E-state index contributed by atoms with van der Waals surface area (Å²) in [6, 6.07) is 9.17. The Balaban J connectivity index is 1.62. The van der Waals surface area contributed by atoms with Crippen molar-refractivity contribution in [1.29, 1.82) is 0 Å². The summed E-state index contributed by atoms with van der Waals surface area (Å²) in [6.07, 6.45) is -1.15. The minimum absolute atomic E-state index is 0.155. The molecule has 0 aliphatic rings. The summed E-state index contributed by atoms with van der Waals surface area (Å²) in [6.45, 7) is 3.97. The van der Waals surface area contributed by atoms with Crippen LogP contribution >= 0.6 is 0 Å². The normalized spacial score (nSPS) is 11.1. The van der Waals surface area contributed by atoms with Gasteiger partial charge in [0.1, 0.15) is 18.6 Å². The number of aryl methyl sites for hydroxylation is 2. The molecule has 7 nitrogen and oxygen atoms in total. The van der Waals surface area contributed by atoms with Crippen molar-refractivity contribution in [3.63, 3.8) is 0 Å². The van der Waals surface area contributed by atoms with Crippen LogP contribution in [0, 0.1) is 13.8 Å². The molecule has 0 aliphatic heterocycles. The van der Waals surface area contributed by atoms with E-state index in [9.17, 15) is 13.6 Å². The third-order valence-electron chi connectivity index (χ3n) is 3.90. The third-order valence-corrected chi connectivity index (χ3v) is 3.90. The molecule has 0 unspecified atom stereocenters. The van der Waals surface area contributed by atoms with Gasteiger partial charge in [-0.15, -0.1) is 5.10 Å². The fourth-order valence-corrected chi connectivity index (χ4v) is 2.49. The molecule has 1 aromatic carbocycles. The van der Waals surface area contributed by atoms with Crippen molar-refractivity contribution < 1.29 is 13.6 Å². The van der Waals surface area contributed by atoms with Gasteiger partial charge in [0, 0.05) is 5.69 Å². The third kappa shape index (κ3) is 4.11. The van der Waals surface area contributed by atoms with Gasteiger partial charge in [0.2, 0.25) is 11.9 Å². The number of hydrogen-bond donors (Lipinski definition) is 1. The SMILES string of the molecule is Cc1ccccc1Cn1cnc(NC(=O)Cn2nc(C(F)F)cc2C)n1. The molecule has 0 aliphatic carbocycles. The lowest BCUT2D eigenvalue weighted by molar-refractivity contribution is -0.117. The number of rotatable bonds is 6. The molecule has 136 valence electrons. The van der Waals surface area contributed by atoms with E-state index in [1.807, 2.05) is 31.2 Å². The van der Waals surface area contributed by atoms with Crippen molar-refractivity contribution in [2.45, 2.75) is 33.4 Å². The van der Waals surface area contributed by atoms with Crippen LogP contribution < -0.4 is 5.32 Å². The average molecular weight is 360 g/mol. The summed E-state index contributed by atoms with van der Waals surface area (Å²) in [5.41, 5.74) is 2.36.